The summed E-state index contributed by atoms with van der Waals surface area (Å²) in [6.07, 6.45) is 2.14. The predicted octanol–water partition coefficient (Wildman–Crippen LogP) is 1.92. The van der Waals surface area contributed by atoms with Crippen molar-refractivity contribution >= 4 is 47.8 Å². The standard InChI is InChI=1S/C18H19N3O10S3/c1-2-12-8-15(33(25,26)27)10-17(22)18(12)16(11-19)21-20-13-4-3-5-14(9-13)32(23,24)7-6-31-34(28,29)30/h2-5,8-11,22H,1,6-7,19H2,(H,25,26,27)(H,28,29,30)/b16-11-,21-20+. The van der Waals surface area contributed by atoms with Crippen molar-refractivity contribution in [1.29, 1.82) is 0 Å². The highest BCUT2D eigenvalue weighted by atomic mass is 32.3. The van der Waals surface area contributed by atoms with Crippen molar-refractivity contribution in [3.63, 3.8) is 0 Å². The maximum Gasteiger partial charge on any atom is 0.397 e. The number of nitrogens with two attached hydrogens (primary N) is 1. The number of hydrogen-bond donors (Lipinski definition) is 4. The fourth-order valence-corrected chi connectivity index (χ4v) is 4.66. The molecule has 0 fully saturated rings. The van der Waals surface area contributed by atoms with Crippen molar-refractivity contribution in [3.8, 4) is 5.75 Å². The summed E-state index contributed by atoms with van der Waals surface area (Å²) in [6, 6.07) is 6.87. The fourth-order valence-electron chi connectivity index (χ4n) is 2.60. The molecule has 0 radical (unpaired) electrons. The number of hydrogen-bond acceptors (Lipinski definition) is 11. The first-order valence-corrected chi connectivity index (χ1v) is 13.4. The number of benzene rings is 2. The second kappa shape index (κ2) is 10.4. The van der Waals surface area contributed by atoms with Gasteiger partial charge in [0.15, 0.2) is 9.84 Å². The van der Waals surface area contributed by atoms with Gasteiger partial charge in [-0.15, -0.1) is 5.11 Å². The van der Waals surface area contributed by atoms with Crippen LogP contribution in [0.25, 0.3) is 11.8 Å². The van der Waals surface area contributed by atoms with E-state index in [0.29, 0.717) is 0 Å². The molecule has 13 nitrogen and oxygen atoms in total. The lowest BCUT2D eigenvalue weighted by Gasteiger charge is -2.10. The van der Waals surface area contributed by atoms with Crippen LogP contribution in [-0.2, 0) is 34.5 Å². The summed E-state index contributed by atoms with van der Waals surface area (Å²) in [7, 11) is -13.4. The van der Waals surface area contributed by atoms with Gasteiger partial charge in [0.25, 0.3) is 10.1 Å². The van der Waals surface area contributed by atoms with Crippen LogP contribution < -0.4 is 5.73 Å². The molecule has 0 aliphatic rings. The molecule has 0 spiro atoms. The summed E-state index contributed by atoms with van der Waals surface area (Å²) in [5.41, 5.74) is 5.46. The Balaban J connectivity index is 2.38. The van der Waals surface area contributed by atoms with Crippen molar-refractivity contribution in [3.05, 3.63) is 60.3 Å². The molecule has 0 amide bonds. The zero-order valence-corrected chi connectivity index (χ0v) is 19.6. The van der Waals surface area contributed by atoms with Crippen molar-refractivity contribution in [1.82, 2.24) is 0 Å². The molecule has 184 valence electrons. The number of aromatic hydroxyl groups is 1. The maximum atomic E-state index is 12.4. The largest absolute Gasteiger partial charge is 0.507 e. The average molecular weight is 534 g/mol. The van der Waals surface area contributed by atoms with Gasteiger partial charge in [0.2, 0.25) is 0 Å². The molecule has 0 aliphatic carbocycles. The Bertz CT molecular complexity index is 1480. The van der Waals surface area contributed by atoms with Crippen molar-refractivity contribution in [2.75, 3.05) is 12.4 Å². The van der Waals surface area contributed by atoms with Gasteiger partial charge in [-0.2, -0.15) is 21.9 Å². The van der Waals surface area contributed by atoms with Gasteiger partial charge in [-0.3, -0.25) is 9.11 Å². The lowest BCUT2D eigenvalue weighted by atomic mass is 10.0. The van der Waals surface area contributed by atoms with Crippen molar-refractivity contribution in [2.45, 2.75) is 9.79 Å². The van der Waals surface area contributed by atoms with E-state index < -0.39 is 53.4 Å². The highest BCUT2D eigenvalue weighted by Gasteiger charge is 2.19. The maximum absolute atomic E-state index is 12.4. The molecule has 0 saturated heterocycles. The van der Waals surface area contributed by atoms with E-state index in [0.717, 1.165) is 24.4 Å². The zero-order chi connectivity index (χ0) is 25.7. The van der Waals surface area contributed by atoms with Crippen LogP contribution in [0.2, 0.25) is 0 Å². The Labute approximate surface area is 195 Å². The van der Waals surface area contributed by atoms with E-state index in [9.17, 15) is 34.9 Å². The Morgan fingerprint density at radius 1 is 1.06 bits per heavy atom. The lowest BCUT2D eigenvalue weighted by Crippen LogP contribution is -2.15. The molecule has 0 saturated carbocycles. The minimum Gasteiger partial charge on any atom is -0.507 e. The molecule has 2 aromatic rings. The van der Waals surface area contributed by atoms with Crippen LogP contribution in [0.5, 0.6) is 5.75 Å². The monoisotopic (exact) mass is 533 g/mol. The van der Waals surface area contributed by atoms with Gasteiger partial charge in [0, 0.05) is 12.3 Å². The fraction of sp³-hybridized carbons (Fsp3) is 0.111. The number of nitrogens with zero attached hydrogens (tertiary/aromatic N) is 2. The highest BCUT2D eigenvalue weighted by Crippen LogP contribution is 2.34. The van der Waals surface area contributed by atoms with E-state index in [1.807, 2.05) is 0 Å². The normalized spacial score (nSPS) is 13.3. The lowest BCUT2D eigenvalue weighted by molar-refractivity contribution is 0.284. The number of azo groups is 1. The molecule has 5 N–H and O–H groups in total. The SMILES string of the molecule is C=Cc1cc(S(=O)(=O)O)cc(O)c1C(=C/N)/N=N/c1cccc(S(=O)(=O)CCOS(=O)(=O)O)c1. The van der Waals surface area contributed by atoms with Crippen LogP contribution in [0.15, 0.2) is 69.2 Å². The molecule has 0 unspecified atom stereocenters. The molecule has 0 heterocycles. The van der Waals surface area contributed by atoms with Crippen LogP contribution >= 0.6 is 0 Å². The van der Waals surface area contributed by atoms with Crippen LogP contribution in [0, 0.1) is 0 Å². The summed E-state index contributed by atoms with van der Waals surface area (Å²) in [4.78, 5) is -0.832. The van der Waals surface area contributed by atoms with Crippen LogP contribution in [0.1, 0.15) is 11.1 Å². The van der Waals surface area contributed by atoms with Crippen molar-refractivity contribution in [2.24, 2.45) is 16.0 Å². The van der Waals surface area contributed by atoms with Crippen LogP contribution in [0.3, 0.4) is 0 Å². The van der Waals surface area contributed by atoms with Crippen molar-refractivity contribution < 1.29 is 43.6 Å². The Morgan fingerprint density at radius 3 is 2.29 bits per heavy atom. The smallest absolute Gasteiger partial charge is 0.397 e. The van der Waals surface area contributed by atoms with E-state index in [2.05, 4.69) is 21.0 Å². The Hall–Kier alpha value is -3.15. The van der Waals surface area contributed by atoms with Gasteiger partial charge in [-0.1, -0.05) is 18.7 Å². The molecule has 0 bridgehead atoms. The second-order valence-corrected chi connectivity index (χ2v) is 11.0. The third-order valence-corrected chi connectivity index (χ3v) is 7.06. The predicted molar refractivity (Wildman–Crippen MR) is 121 cm³/mol. The molecule has 2 rings (SSSR count). The molecule has 0 aliphatic heterocycles. The Kier molecular flexibility index (Phi) is 8.30. The molecule has 0 aromatic heterocycles. The number of phenolic OH excluding ortho intramolecular Hbond substituents is 1. The third kappa shape index (κ3) is 7.17. The highest BCUT2D eigenvalue weighted by molar-refractivity contribution is 7.91. The molecule has 0 atom stereocenters. The van der Waals surface area contributed by atoms with Gasteiger partial charge in [0.05, 0.1) is 33.4 Å². The summed E-state index contributed by atoms with van der Waals surface area (Å²) in [5.74, 6) is -1.35. The van der Waals surface area contributed by atoms with E-state index in [1.165, 1.54) is 24.3 Å². The Morgan fingerprint density at radius 2 is 1.74 bits per heavy atom. The first-order valence-electron chi connectivity index (χ1n) is 8.93. The van der Waals surface area contributed by atoms with E-state index >= 15 is 0 Å². The molecular formula is C18H19N3O10S3. The third-order valence-electron chi connectivity index (χ3n) is 4.09. The van der Waals surface area contributed by atoms with E-state index in [4.69, 9.17) is 10.3 Å². The number of phenols is 1. The summed E-state index contributed by atoms with van der Waals surface area (Å²) in [6.45, 7) is 2.70. The van der Waals surface area contributed by atoms with Gasteiger partial charge in [-0.25, -0.2) is 12.6 Å². The van der Waals surface area contributed by atoms with E-state index in [-0.39, 0.29) is 27.4 Å². The summed E-state index contributed by atoms with van der Waals surface area (Å²) < 4.78 is 90.3. The molecule has 16 heteroatoms. The number of rotatable bonds is 10. The molecule has 34 heavy (non-hydrogen) atoms. The average Bonchev–Trinajstić information content (AvgIpc) is 2.73. The van der Waals surface area contributed by atoms with Crippen LogP contribution in [-0.4, -0.2) is 51.8 Å². The van der Waals surface area contributed by atoms with Gasteiger partial charge >= 0.3 is 10.4 Å². The van der Waals surface area contributed by atoms with Gasteiger partial charge in [-0.05, 0) is 29.8 Å². The quantitative estimate of drug-likeness (QED) is 0.255. The molecule has 2 aromatic carbocycles. The van der Waals surface area contributed by atoms with Crippen LogP contribution in [0.4, 0.5) is 5.69 Å². The summed E-state index contributed by atoms with van der Waals surface area (Å²) in [5, 5.41) is 18.0. The van der Waals surface area contributed by atoms with Gasteiger partial charge in [0.1, 0.15) is 11.4 Å². The minimum absolute atomic E-state index is 0.0327. The first kappa shape index (κ1) is 27.1. The first-order chi connectivity index (χ1) is 15.7. The summed E-state index contributed by atoms with van der Waals surface area (Å²) >= 11 is 0. The van der Waals surface area contributed by atoms with E-state index in [1.54, 1.807) is 0 Å². The minimum atomic E-state index is -4.80. The topological polar surface area (TPSA) is 223 Å². The molecular weight excluding hydrogens is 514 g/mol. The number of sulfone groups is 1. The second-order valence-electron chi connectivity index (χ2n) is 6.40. The van der Waals surface area contributed by atoms with Gasteiger partial charge < -0.3 is 10.8 Å². The zero-order valence-electron chi connectivity index (χ0n) is 17.1.